The van der Waals surface area contributed by atoms with Crippen LogP contribution in [-0.2, 0) is 11.3 Å². The first-order chi connectivity index (χ1) is 9.65. The molecular formula is C15H24N2O2S. The Kier molecular flexibility index (Phi) is 5.57. The third-order valence-corrected chi connectivity index (χ3v) is 5.01. The molecule has 1 fully saturated rings. The Morgan fingerprint density at radius 2 is 2.15 bits per heavy atom. The summed E-state index contributed by atoms with van der Waals surface area (Å²) in [4.78, 5) is 12.3. The van der Waals surface area contributed by atoms with E-state index in [0.717, 1.165) is 36.5 Å². The molecule has 0 atom stereocenters. The highest BCUT2D eigenvalue weighted by Gasteiger charge is 2.30. The van der Waals surface area contributed by atoms with E-state index in [9.17, 15) is 9.90 Å². The molecule has 0 saturated heterocycles. The molecule has 0 radical (unpaired) electrons. The average Bonchev–Trinajstić information content (AvgIpc) is 2.86. The van der Waals surface area contributed by atoms with Crippen molar-refractivity contribution in [1.29, 1.82) is 0 Å². The summed E-state index contributed by atoms with van der Waals surface area (Å²) in [6.45, 7) is 3.39. The van der Waals surface area contributed by atoms with E-state index in [-0.39, 0.29) is 17.9 Å². The summed E-state index contributed by atoms with van der Waals surface area (Å²) in [5.41, 5.74) is 0.959. The molecular weight excluding hydrogens is 272 g/mol. The normalized spacial score (nSPS) is 17.9. The molecule has 1 aromatic heterocycles. The second-order valence-electron chi connectivity index (χ2n) is 5.76. The summed E-state index contributed by atoms with van der Waals surface area (Å²) in [6.07, 6.45) is 5.95. The molecule has 2 rings (SSSR count). The highest BCUT2D eigenvalue weighted by molar-refractivity contribution is 7.10. The molecule has 3 N–H and O–H groups in total. The minimum absolute atomic E-state index is 0.0382. The highest BCUT2D eigenvalue weighted by Crippen LogP contribution is 2.35. The Morgan fingerprint density at radius 1 is 1.40 bits per heavy atom. The van der Waals surface area contributed by atoms with Crippen LogP contribution in [0.4, 0.5) is 5.69 Å². The standard InChI is InChI=1S/C15H24N2O2S/c1-12(19)17-13-5-8-20-14(13)9-16-10-15(11-18)6-3-2-4-7-15/h5,8,16,18H,2-4,6-7,9-11H2,1H3,(H,17,19). The van der Waals surface area contributed by atoms with Crippen LogP contribution in [-0.4, -0.2) is 24.2 Å². The Hall–Kier alpha value is -0.910. The number of rotatable bonds is 6. The fraction of sp³-hybridized carbons (Fsp3) is 0.667. The number of aliphatic hydroxyl groups is 1. The number of carbonyl (C=O) groups is 1. The number of carbonyl (C=O) groups excluding carboxylic acids is 1. The topological polar surface area (TPSA) is 61.4 Å². The quantitative estimate of drug-likeness (QED) is 0.756. The Labute approximate surface area is 124 Å². The second kappa shape index (κ2) is 7.20. The zero-order valence-electron chi connectivity index (χ0n) is 12.1. The lowest BCUT2D eigenvalue weighted by Crippen LogP contribution is -2.38. The van der Waals surface area contributed by atoms with E-state index < -0.39 is 0 Å². The van der Waals surface area contributed by atoms with Crippen molar-refractivity contribution in [2.45, 2.75) is 45.6 Å². The third-order valence-electron chi connectivity index (χ3n) is 4.09. The van der Waals surface area contributed by atoms with Gasteiger partial charge in [0.25, 0.3) is 0 Å². The molecule has 0 aliphatic heterocycles. The molecule has 1 amide bonds. The van der Waals surface area contributed by atoms with Gasteiger partial charge in [-0.25, -0.2) is 0 Å². The van der Waals surface area contributed by atoms with Gasteiger partial charge in [-0.05, 0) is 24.3 Å². The van der Waals surface area contributed by atoms with E-state index in [2.05, 4.69) is 10.6 Å². The number of aliphatic hydroxyl groups excluding tert-OH is 1. The van der Waals surface area contributed by atoms with E-state index in [1.54, 1.807) is 11.3 Å². The minimum atomic E-state index is -0.0382. The van der Waals surface area contributed by atoms with Crippen LogP contribution < -0.4 is 10.6 Å². The smallest absolute Gasteiger partial charge is 0.221 e. The van der Waals surface area contributed by atoms with Crippen LogP contribution >= 0.6 is 11.3 Å². The number of thiophene rings is 1. The third kappa shape index (κ3) is 4.04. The molecule has 0 aromatic carbocycles. The van der Waals surface area contributed by atoms with Crippen LogP contribution in [0.3, 0.4) is 0 Å². The molecule has 1 aliphatic carbocycles. The lowest BCUT2D eigenvalue weighted by atomic mass is 9.74. The Balaban J connectivity index is 1.86. The van der Waals surface area contributed by atoms with Crippen molar-refractivity contribution in [1.82, 2.24) is 5.32 Å². The van der Waals surface area contributed by atoms with Gasteiger partial charge in [0.2, 0.25) is 5.91 Å². The summed E-state index contributed by atoms with van der Waals surface area (Å²) in [5, 5.41) is 18.0. The molecule has 20 heavy (non-hydrogen) atoms. The van der Waals surface area contributed by atoms with Crippen LogP contribution in [0.25, 0.3) is 0 Å². The second-order valence-corrected chi connectivity index (χ2v) is 6.76. The monoisotopic (exact) mass is 296 g/mol. The van der Waals surface area contributed by atoms with Gasteiger partial charge in [-0.3, -0.25) is 4.79 Å². The van der Waals surface area contributed by atoms with Crippen LogP contribution in [0.1, 0.15) is 43.9 Å². The van der Waals surface area contributed by atoms with Crippen LogP contribution in [0.15, 0.2) is 11.4 Å². The zero-order chi connectivity index (χ0) is 14.4. The Morgan fingerprint density at radius 3 is 2.80 bits per heavy atom. The summed E-state index contributed by atoms with van der Waals surface area (Å²) in [5.74, 6) is -0.0382. The van der Waals surface area contributed by atoms with Crippen LogP contribution in [0.2, 0.25) is 0 Å². The molecule has 0 bridgehead atoms. The van der Waals surface area contributed by atoms with E-state index in [0.29, 0.717) is 0 Å². The summed E-state index contributed by atoms with van der Waals surface area (Å²) in [7, 11) is 0. The molecule has 4 nitrogen and oxygen atoms in total. The molecule has 1 saturated carbocycles. The molecule has 0 unspecified atom stereocenters. The fourth-order valence-corrected chi connectivity index (χ4v) is 3.71. The molecule has 1 aromatic rings. The highest BCUT2D eigenvalue weighted by atomic mass is 32.1. The number of amides is 1. The van der Waals surface area contributed by atoms with Crippen LogP contribution in [0, 0.1) is 5.41 Å². The SMILES string of the molecule is CC(=O)Nc1ccsc1CNCC1(CO)CCCCC1. The number of hydrogen-bond donors (Lipinski definition) is 3. The zero-order valence-corrected chi connectivity index (χ0v) is 12.9. The largest absolute Gasteiger partial charge is 0.396 e. The summed E-state index contributed by atoms with van der Waals surface area (Å²) in [6, 6.07) is 1.94. The van der Waals surface area contributed by atoms with Gasteiger partial charge in [-0.2, -0.15) is 0 Å². The number of nitrogens with one attached hydrogen (secondary N) is 2. The maximum Gasteiger partial charge on any atom is 0.221 e. The first kappa shape index (κ1) is 15.5. The number of hydrogen-bond acceptors (Lipinski definition) is 4. The minimum Gasteiger partial charge on any atom is -0.396 e. The van der Waals surface area contributed by atoms with Gasteiger partial charge in [0.1, 0.15) is 0 Å². The predicted octanol–water partition coefficient (Wildman–Crippen LogP) is 2.74. The molecule has 112 valence electrons. The number of anilines is 1. The van der Waals surface area contributed by atoms with E-state index >= 15 is 0 Å². The van der Waals surface area contributed by atoms with Gasteiger partial charge < -0.3 is 15.7 Å². The maximum atomic E-state index is 11.1. The van der Waals surface area contributed by atoms with Gasteiger partial charge in [0.05, 0.1) is 5.69 Å². The Bertz CT molecular complexity index is 439. The molecule has 1 heterocycles. The summed E-state index contributed by atoms with van der Waals surface area (Å²) >= 11 is 1.64. The fourth-order valence-electron chi connectivity index (χ4n) is 2.91. The van der Waals surface area contributed by atoms with Crippen molar-refractivity contribution in [3.63, 3.8) is 0 Å². The van der Waals surface area contributed by atoms with Gasteiger partial charge >= 0.3 is 0 Å². The summed E-state index contributed by atoms with van der Waals surface area (Å²) < 4.78 is 0. The van der Waals surface area contributed by atoms with Crippen molar-refractivity contribution in [2.24, 2.45) is 5.41 Å². The predicted molar refractivity (Wildman–Crippen MR) is 82.9 cm³/mol. The van der Waals surface area contributed by atoms with Crippen LogP contribution in [0.5, 0.6) is 0 Å². The lowest BCUT2D eigenvalue weighted by Gasteiger charge is -2.35. The van der Waals surface area contributed by atoms with Crippen molar-refractivity contribution in [3.05, 3.63) is 16.3 Å². The van der Waals surface area contributed by atoms with E-state index in [1.165, 1.54) is 26.2 Å². The molecule has 5 heteroatoms. The van der Waals surface area contributed by atoms with Crippen molar-refractivity contribution >= 4 is 22.9 Å². The average molecular weight is 296 g/mol. The van der Waals surface area contributed by atoms with Gasteiger partial charge in [0.15, 0.2) is 0 Å². The first-order valence-electron chi connectivity index (χ1n) is 7.31. The maximum absolute atomic E-state index is 11.1. The van der Waals surface area contributed by atoms with E-state index in [4.69, 9.17) is 0 Å². The van der Waals surface area contributed by atoms with Crippen molar-refractivity contribution in [2.75, 3.05) is 18.5 Å². The first-order valence-corrected chi connectivity index (χ1v) is 8.19. The van der Waals surface area contributed by atoms with E-state index in [1.807, 2.05) is 11.4 Å². The van der Waals surface area contributed by atoms with Gasteiger partial charge in [-0.15, -0.1) is 11.3 Å². The lowest BCUT2D eigenvalue weighted by molar-refractivity contribution is -0.114. The van der Waals surface area contributed by atoms with Crippen molar-refractivity contribution < 1.29 is 9.90 Å². The van der Waals surface area contributed by atoms with Crippen molar-refractivity contribution in [3.8, 4) is 0 Å². The molecule has 1 aliphatic rings. The van der Waals surface area contributed by atoms with Gasteiger partial charge in [-0.1, -0.05) is 19.3 Å². The van der Waals surface area contributed by atoms with Gasteiger partial charge in [0, 0.05) is 36.9 Å². The molecule has 0 spiro atoms.